The minimum absolute atomic E-state index is 0.0994. The molecule has 0 aliphatic rings. The zero-order chi connectivity index (χ0) is 17.2. The molecule has 1 aromatic carbocycles. The third kappa shape index (κ3) is 7.61. The second kappa shape index (κ2) is 10.4. The second-order valence-corrected chi connectivity index (χ2v) is 6.36. The summed E-state index contributed by atoms with van der Waals surface area (Å²) in [5.41, 5.74) is 4.83. The van der Waals surface area contributed by atoms with Gasteiger partial charge in [-0.15, -0.1) is 0 Å². The molecule has 3 N–H and O–H groups in total. The van der Waals surface area contributed by atoms with Gasteiger partial charge in [0.15, 0.2) is 5.11 Å². The van der Waals surface area contributed by atoms with Crippen LogP contribution in [0.1, 0.15) is 49.9 Å². The maximum atomic E-state index is 13.6. The Balaban J connectivity index is 2.31. The monoisotopic (exact) mass is 359 g/mol. The summed E-state index contributed by atoms with van der Waals surface area (Å²) in [4.78, 5) is 11.8. The van der Waals surface area contributed by atoms with Crippen molar-refractivity contribution in [2.45, 2.75) is 39.5 Å². The molecular formula is C16H23ClFN3OS. The van der Waals surface area contributed by atoms with Crippen molar-refractivity contribution in [3.05, 3.63) is 34.6 Å². The van der Waals surface area contributed by atoms with Crippen molar-refractivity contribution in [3.8, 4) is 0 Å². The Morgan fingerprint density at radius 2 is 2.09 bits per heavy atom. The predicted molar refractivity (Wildman–Crippen MR) is 95.9 cm³/mol. The molecule has 23 heavy (non-hydrogen) atoms. The van der Waals surface area contributed by atoms with Gasteiger partial charge < -0.3 is 5.32 Å². The van der Waals surface area contributed by atoms with E-state index >= 15 is 0 Å². The number of carbonyl (C=O) groups excluding carboxylic acids is 1. The molecule has 0 fully saturated rings. The number of hydrogen-bond donors (Lipinski definition) is 3. The molecule has 4 nitrogen and oxygen atoms in total. The highest BCUT2D eigenvalue weighted by molar-refractivity contribution is 7.80. The number of hydrogen-bond acceptors (Lipinski definition) is 2. The van der Waals surface area contributed by atoms with E-state index in [9.17, 15) is 9.18 Å². The zero-order valence-electron chi connectivity index (χ0n) is 13.4. The Kier molecular flexibility index (Phi) is 8.87. The van der Waals surface area contributed by atoms with E-state index in [1.54, 1.807) is 0 Å². The van der Waals surface area contributed by atoms with Gasteiger partial charge in [-0.3, -0.25) is 15.6 Å². The maximum Gasteiger partial charge on any atom is 0.272 e. The number of unbranched alkanes of at least 4 members (excludes halogenated alkanes) is 2. The highest BCUT2D eigenvalue weighted by Crippen LogP contribution is 2.14. The molecule has 1 amide bonds. The highest BCUT2D eigenvalue weighted by atomic mass is 35.5. The smallest absolute Gasteiger partial charge is 0.272 e. The summed E-state index contributed by atoms with van der Waals surface area (Å²) in [7, 11) is 0. The van der Waals surface area contributed by atoms with Gasteiger partial charge in [0.05, 0.1) is 5.56 Å². The summed E-state index contributed by atoms with van der Waals surface area (Å²) in [6.07, 6.45) is 4.76. The first-order chi connectivity index (χ1) is 10.9. The summed E-state index contributed by atoms with van der Waals surface area (Å²) in [5.74, 6) is -0.801. The van der Waals surface area contributed by atoms with Crippen LogP contribution in [-0.2, 0) is 0 Å². The van der Waals surface area contributed by atoms with Crippen LogP contribution in [0, 0.1) is 11.7 Å². The summed E-state index contributed by atoms with van der Waals surface area (Å²) >= 11 is 10.7. The third-order valence-corrected chi connectivity index (χ3v) is 3.86. The molecule has 0 radical (unpaired) electrons. The Morgan fingerprint density at radius 1 is 1.35 bits per heavy atom. The van der Waals surface area contributed by atoms with Gasteiger partial charge in [0.1, 0.15) is 5.82 Å². The standard InChI is InChI=1S/C16H23ClFN3OS/c1-3-4-5-6-11(2)10-19-16(23)21-20-15(22)13-8-7-12(17)9-14(13)18/h7-9,11H,3-6,10H2,1-2H3,(H,20,22)(H2,19,21,23)/t11-/m1/s1. The Bertz CT molecular complexity index is 542. The molecule has 0 spiro atoms. The first-order valence-corrected chi connectivity index (χ1v) is 8.51. The first kappa shape index (κ1) is 19.6. The van der Waals surface area contributed by atoms with E-state index in [1.165, 1.54) is 31.4 Å². The van der Waals surface area contributed by atoms with E-state index in [1.807, 2.05) is 0 Å². The zero-order valence-corrected chi connectivity index (χ0v) is 15.0. The molecule has 0 aromatic heterocycles. The van der Waals surface area contributed by atoms with Crippen molar-refractivity contribution in [1.82, 2.24) is 16.2 Å². The molecule has 1 rings (SSSR count). The molecular weight excluding hydrogens is 337 g/mol. The summed E-state index contributed by atoms with van der Waals surface area (Å²) in [6, 6.07) is 3.86. The van der Waals surface area contributed by atoms with Crippen LogP contribution in [0.5, 0.6) is 0 Å². The molecule has 0 saturated heterocycles. The van der Waals surface area contributed by atoms with Crippen LogP contribution < -0.4 is 16.2 Å². The Labute approximate surface area is 147 Å². The lowest BCUT2D eigenvalue weighted by Gasteiger charge is -2.15. The van der Waals surface area contributed by atoms with E-state index in [4.69, 9.17) is 23.8 Å². The molecule has 0 unspecified atom stereocenters. The van der Waals surface area contributed by atoms with Crippen LogP contribution in [-0.4, -0.2) is 17.6 Å². The van der Waals surface area contributed by atoms with Gasteiger partial charge in [0, 0.05) is 11.6 Å². The normalized spacial score (nSPS) is 11.7. The largest absolute Gasteiger partial charge is 0.361 e. The van der Waals surface area contributed by atoms with Crippen LogP contribution in [0.25, 0.3) is 0 Å². The van der Waals surface area contributed by atoms with E-state index in [0.717, 1.165) is 19.0 Å². The van der Waals surface area contributed by atoms with E-state index < -0.39 is 11.7 Å². The van der Waals surface area contributed by atoms with Crippen LogP contribution >= 0.6 is 23.8 Å². The number of amides is 1. The fourth-order valence-corrected chi connectivity index (χ4v) is 2.30. The topological polar surface area (TPSA) is 53.2 Å². The van der Waals surface area contributed by atoms with Gasteiger partial charge in [0.25, 0.3) is 5.91 Å². The lowest BCUT2D eigenvalue weighted by Crippen LogP contribution is -2.47. The summed E-state index contributed by atoms with van der Waals surface area (Å²) < 4.78 is 13.6. The third-order valence-electron chi connectivity index (χ3n) is 3.38. The van der Waals surface area contributed by atoms with Gasteiger partial charge in [-0.2, -0.15) is 0 Å². The second-order valence-electron chi connectivity index (χ2n) is 5.51. The lowest BCUT2D eigenvalue weighted by atomic mass is 10.0. The van der Waals surface area contributed by atoms with E-state index in [-0.39, 0.29) is 10.6 Å². The molecule has 1 aromatic rings. The average molecular weight is 360 g/mol. The quantitative estimate of drug-likeness (QED) is 0.394. The lowest BCUT2D eigenvalue weighted by molar-refractivity contribution is 0.0939. The maximum absolute atomic E-state index is 13.6. The van der Waals surface area contributed by atoms with Gasteiger partial charge >= 0.3 is 0 Å². The first-order valence-electron chi connectivity index (χ1n) is 7.73. The predicted octanol–water partition coefficient (Wildman–Crippen LogP) is 3.80. The van der Waals surface area contributed by atoms with Crippen LogP contribution in [0.2, 0.25) is 5.02 Å². The van der Waals surface area contributed by atoms with E-state index in [2.05, 4.69) is 30.0 Å². The van der Waals surface area contributed by atoms with Crippen molar-refractivity contribution in [2.75, 3.05) is 6.54 Å². The number of hydrazine groups is 1. The van der Waals surface area contributed by atoms with Crippen molar-refractivity contribution >= 4 is 34.8 Å². The van der Waals surface area contributed by atoms with Gasteiger partial charge in [-0.05, 0) is 42.8 Å². The Morgan fingerprint density at radius 3 is 2.74 bits per heavy atom. The van der Waals surface area contributed by atoms with Crippen LogP contribution in [0.3, 0.4) is 0 Å². The number of thiocarbonyl (C=S) groups is 1. The molecule has 128 valence electrons. The number of halogens is 2. The molecule has 0 bridgehead atoms. The van der Waals surface area contributed by atoms with Gasteiger partial charge in [-0.1, -0.05) is 44.7 Å². The van der Waals surface area contributed by atoms with Gasteiger partial charge in [0.2, 0.25) is 0 Å². The molecule has 0 aliphatic heterocycles. The van der Waals surface area contributed by atoms with Crippen molar-refractivity contribution in [2.24, 2.45) is 5.92 Å². The summed E-state index contributed by atoms with van der Waals surface area (Å²) in [5, 5.41) is 3.57. The van der Waals surface area contributed by atoms with Crippen LogP contribution in [0.15, 0.2) is 18.2 Å². The minimum Gasteiger partial charge on any atom is -0.361 e. The van der Waals surface area contributed by atoms with Crippen molar-refractivity contribution in [3.63, 3.8) is 0 Å². The molecule has 0 aliphatic carbocycles. The fourth-order valence-electron chi connectivity index (χ4n) is 2.01. The fraction of sp³-hybridized carbons (Fsp3) is 0.500. The minimum atomic E-state index is -0.680. The SMILES string of the molecule is CCCCC[C@@H](C)CNC(=S)NNC(=O)c1ccc(Cl)cc1F. The van der Waals surface area contributed by atoms with Gasteiger partial charge in [-0.25, -0.2) is 4.39 Å². The van der Waals surface area contributed by atoms with Crippen LogP contribution in [0.4, 0.5) is 4.39 Å². The molecule has 0 heterocycles. The van der Waals surface area contributed by atoms with Crippen molar-refractivity contribution < 1.29 is 9.18 Å². The molecule has 7 heteroatoms. The van der Waals surface area contributed by atoms with E-state index in [0.29, 0.717) is 11.0 Å². The number of benzene rings is 1. The molecule has 1 atom stereocenters. The Hall–Kier alpha value is -1.40. The summed E-state index contributed by atoms with van der Waals surface area (Å²) in [6.45, 7) is 5.04. The number of rotatable bonds is 7. The molecule has 0 saturated carbocycles. The number of carbonyl (C=O) groups is 1. The highest BCUT2D eigenvalue weighted by Gasteiger charge is 2.12. The average Bonchev–Trinajstić information content (AvgIpc) is 2.51. The number of nitrogens with one attached hydrogen (secondary N) is 3. The van der Waals surface area contributed by atoms with Crippen molar-refractivity contribution in [1.29, 1.82) is 0 Å².